The fraction of sp³-hybridized carbons (Fsp3) is 0.538. The van der Waals surface area contributed by atoms with E-state index in [-0.39, 0.29) is 11.9 Å². The van der Waals surface area contributed by atoms with Gasteiger partial charge in [-0.1, -0.05) is 19.1 Å². The van der Waals surface area contributed by atoms with Gasteiger partial charge in [0.2, 0.25) is 0 Å². The van der Waals surface area contributed by atoms with Crippen LogP contribution in [0, 0.1) is 0 Å². The molecule has 0 fully saturated rings. The summed E-state index contributed by atoms with van der Waals surface area (Å²) in [6, 6.07) is 0. The van der Waals surface area contributed by atoms with Crippen molar-refractivity contribution >= 4 is 11.9 Å². The predicted molar refractivity (Wildman–Crippen MR) is 69.0 cm³/mol. The molecule has 0 N–H and O–H groups in total. The number of nitrogens with zero attached hydrogens (tertiary/aromatic N) is 1. The second-order valence-corrected chi connectivity index (χ2v) is 3.61. The van der Waals surface area contributed by atoms with Crippen LogP contribution in [0.2, 0.25) is 0 Å². The van der Waals surface area contributed by atoms with E-state index in [0.717, 1.165) is 13.0 Å². The van der Waals surface area contributed by atoms with E-state index in [4.69, 9.17) is 0 Å². The minimum atomic E-state index is -0.364. The Bertz CT molecular complexity index is 282. The second kappa shape index (κ2) is 10.5. The van der Waals surface area contributed by atoms with Crippen molar-refractivity contribution in [1.82, 2.24) is 4.90 Å². The highest BCUT2D eigenvalue weighted by atomic mass is 16.5. The monoisotopic (exact) mass is 255 g/mol. The Hall–Kier alpha value is -1.62. The number of esters is 2. The molecule has 5 nitrogen and oxygen atoms in total. The molecule has 0 aromatic carbocycles. The standard InChI is InChI=1S/C13H21NO4/c1-4-9-14(10-5-7-12(15)17-2)11-6-8-13(16)18-3/h5-8H,4,9-11H2,1-3H3/b7-5+,8-6+. The van der Waals surface area contributed by atoms with Crippen molar-refractivity contribution in [3.8, 4) is 0 Å². The summed E-state index contributed by atoms with van der Waals surface area (Å²) < 4.78 is 9.00. The van der Waals surface area contributed by atoms with Crippen molar-refractivity contribution in [2.24, 2.45) is 0 Å². The van der Waals surface area contributed by atoms with Crippen LogP contribution in [-0.4, -0.2) is 50.7 Å². The first-order chi connectivity index (χ1) is 8.63. The van der Waals surface area contributed by atoms with Gasteiger partial charge in [-0.2, -0.15) is 0 Å². The zero-order chi connectivity index (χ0) is 13.8. The molecular weight excluding hydrogens is 234 g/mol. The van der Waals surface area contributed by atoms with Crippen LogP contribution in [0.25, 0.3) is 0 Å². The van der Waals surface area contributed by atoms with Crippen molar-refractivity contribution < 1.29 is 19.1 Å². The lowest BCUT2D eigenvalue weighted by molar-refractivity contribution is -0.135. The van der Waals surface area contributed by atoms with E-state index in [1.165, 1.54) is 26.4 Å². The lowest BCUT2D eigenvalue weighted by Gasteiger charge is -2.17. The first kappa shape index (κ1) is 16.4. The SMILES string of the molecule is CCCN(C/C=C/C(=O)OC)C/C=C/C(=O)OC. The van der Waals surface area contributed by atoms with Gasteiger partial charge >= 0.3 is 11.9 Å². The number of hydrogen-bond donors (Lipinski definition) is 0. The Morgan fingerprint density at radius 3 is 1.78 bits per heavy atom. The molecule has 5 heteroatoms. The molecule has 0 unspecified atom stereocenters. The highest BCUT2D eigenvalue weighted by Gasteiger charge is 2.00. The highest BCUT2D eigenvalue weighted by molar-refractivity contribution is 5.82. The van der Waals surface area contributed by atoms with Gasteiger partial charge in [0.15, 0.2) is 0 Å². The minimum Gasteiger partial charge on any atom is -0.466 e. The maximum absolute atomic E-state index is 10.9. The highest BCUT2D eigenvalue weighted by Crippen LogP contribution is 1.94. The molecule has 0 aromatic heterocycles. The smallest absolute Gasteiger partial charge is 0.330 e. The van der Waals surface area contributed by atoms with Crippen LogP contribution >= 0.6 is 0 Å². The largest absolute Gasteiger partial charge is 0.466 e. The molecule has 0 spiro atoms. The molecule has 0 atom stereocenters. The van der Waals surface area contributed by atoms with E-state index in [1.807, 2.05) is 0 Å². The molecule has 18 heavy (non-hydrogen) atoms. The molecule has 0 amide bonds. The second-order valence-electron chi connectivity index (χ2n) is 3.61. The zero-order valence-corrected chi connectivity index (χ0v) is 11.2. The summed E-state index contributed by atoms with van der Waals surface area (Å²) >= 11 is 0. The van der Waals surface area contributed by atoms with Gasteiger partial charge < -0.3 is 9.47 Å². The van der Waals surface area contributed by atoms with E-state index in [2.05, 4.69) is 21.3 Å². The molecule has 0 rings (SSSR count). The fourth-order valence-electron chi connectivity index (χ4n) is 1.31. The first-order valence-electron chi connectivity index (χ1n) is 5.85. The van der Waals surface area contributed by atoms with Gasteiger partial charge in [0.25, 0.3) is 0 Å². The summed E-state index contributed by atoms with van der Waals surface area (Å²) in [5, 5.41) is 0. The number of carbonyl (C=O) groups excluding carboxylic acids is 2. The van der Waals surface area contributed by atoms with E-state index in [1.54, 1.807) is 12.2 Å². The number of rotatable bonds is 8. The van der Waals surface area contributed by atoms with Crippen molar-refractivity contribution in [2.45, 2.75) is 13.3 Å². The van der Waals surface area contributed by atoms with E-state index < -0.39 is 0 Å². The number of carbonyl (C=O) groups is 2. The molecule has 0 saturated carbocycles. The topological polar surface area (TPSA) is 55.8 Å². The van der Waals surface area contributed by atoms with Crippen LogP contribution < -0.4 is 0 Å². The predicted octanol–water partition coefficient (Wildman–Crippen LogP) is 1.16. The van der Waals surface area contributed by atoms with Gasteiger partial charge in [0.1, 0.15) is 0 Å². The average Bonchev–Trinajstić information content (AvgIpc) is 2.38. The van der Waals surface area contributed by atoms with Crippen LogP contribution in [0.15, 0.2) is 24.3 Å². The number of ether oxygens (including phenoxy) is 2. The van der Waals surface area contributed by atoms with Crippen LogP contribution in [0.1, 0.15) is 13.3 Å². The molecular formula is C13H21NO4. The van der Waals surface area contributed by atoms with Gasteiger partial charge in [-0.25, -0.2) is 9.59 Å². The van der Waals surface area contributed by atoms with Gasteiger partial charge in [0.05, 0.1) is 14.2 Å². The third kappa shape index (κ3) is 8.52. The van der Waals surface area contributed by atoms with E-state index in [0.29, 0.717) is 13.1 Å². The van der Waals surface area contributed by atoms with Gasteiger partial charge in [-0.3, -0.25) is 4.90 Å². The Labute approximate surface area is 108 Å². The van der Waals surface area contributed by atoms with Crippen molar-refractivity contribution in [1.29, 1.82) is 0 Å². The normalized spacial score (nSPS) is 11.3. The molecule has 0 saturated heterocycles. The molecule has 0 aliphatic rings. The van der Waals surface area contributed by atoms with Crippen LogP contribution in [0.5, 0.6) is 0 Å². The lowest BCUT2D eigenvalue weighted by Crippen LogP contribution is -2.25. The van der Waals surface area contributed by atoms with Crippen LogP contribution in [-0.2, 0) is 19.1 Å². The minimum absolute atomic E-state index is 0.364. The molecule has 0 aromatic rings. The summed E-state index contributed by atoms with van der Waals surface area (Å²) in [5.41, 5.74) is 0. The molecule has 0 radical (unpaired) electrons. The maximum Gasteiger partial charge on any atom is 0.330 e. The van der Waals surface area contributed by atoms with Gasteiger partial charge in [-0.05, 0) is 13.0 Å². The Balaban J connectivity index is 4.14. The summed E-state index contributed by atoms with van der Waals surface area (Å²) in [6.07, 6.45) is 7.28. The van der Waals surface area contributed by atoms with Crippen molar-refractivity contribution in [3.05, 3.63) is 24.3 Å². The van der Waals surface area contributed by atoms with E-state index in [9.17, 15) is 9.59 Å². The molecule has 0 heterocycles. The summed E-state index contributed by atoms with van der Waals surface area (Å²) in [7, 11) is 2.69. The third-order valence-corrected chi connectivity index (χ3v) is 2.18. The Morgan fingerprint density at radius 2 is 1.44 bits per heavy atom. The number of methoxy groups -OCH3 is 2. The summed E-state index contributed by atoms with van der Waals surface area (Å²) in [6.45, 7) is 4.22. The maximum atomic E-state index is 10.9. The van der Waals surface area contributed by atoms with Gasteiger partial charge in [0, 0.05) is 25.2 Å². The average molecular weight is 255 g/mol. The van der Waals surface area contributed by atoms with Crippen molar-refractivity contribution in [3.63, 3.8) is 0 Å². The molecule has 0 bridgehead atoms. The van der Waals surface area contributed by atoms with Gasteiger partial charge in [-0.15, -0.1) is 0 Å². The summed E-state index contributed by atoms with van der Waals surface area (Å²) in [4.78, 5) is 23.9. The first-order valence-corrected chi connectivity index (χ1v) is 5.85. The summed E-state index contributed by atoms with van der Waals surface area (Å²) in [5.74, 6) is -0.729. The Morgan fingerprint density at radius 1 is 1.00 bits per heavy atom. The van der Waals surface area contributed by atoms with Crippen LogP contribution in [0.3, 0.4) is 0 Å². The van der Waals surface area contributed by atoms with Crippen molar-refractivity contribution in [2.75, 3.05) is 33.9 Å². The molecule has 0 aliphatic carbocycles. The quantitative estimate of drug-likeness (QED) is 0.481. The van der Waals surface area contributed by atoms with E-state index >= 15 is 0 Å². The zero-order valence-electron chi connectivity index (χ0n) is 11.2. The van der Waals surface area contributed by atoms with Crippen LogP contribution in [0.4, 0.5) is 0 Å². The lowest BCUT2D eigenvalue weighted by atomic mass is 10.3. The fourth-order valence-corrected chi connectivity index (χ4v) is 1.31. The third-order valence-electron chi connectivity index (χ3n) is 2.18. The molecule has 102 valence electrons. The molecule has 0 aliphatic heterocycles. The number of hydrogen-bond acceptors (Lipinski definition) is 5. The Kier molecular flexibility index (Phi) is 9.58.